The van der Waals surface area contributed by atoms with Crippen LogP contribution < -0.4 is 10.4 Å². The third-order valence-electron chi connectivity index (χ3n) is 16.5. The first-order valence-electron chi connectivity index (χ1n) is 18.0. The lowest BCUT2D eigenvalue weighted by atomic mass is 9.23. The van der Waals surface area contributed by atoms with Crippen molar-refractivity contribution in [2.75, 3.05) is 0 Å². The standard InChI is InChI=1S/C46H52Si/c1-33-37(34-21-15-16-22-34)27-28-38-39(47(35-23-11-9-12-24-35)36-25-13-10-14-26-36)45(7)42(4)31-19-17-29-40(42,2)41(3)30-18-20-32-43(41,5)46(45,8)44(33,38)6/h9-21,23-32,38-39,47H,22H2,1-8H3. The number of hydrogen-bond donors (Lipinski definition) is 0. The molecule has 240 valence electrons. The molecule has 6 aliphatic rings. The lowest BCUT2D eigenvalue weighted by Gasteiger charge is -2.80. The molecule has 1 heteroatoms. The molecule has 9 atom stereocenters. The molecule has 0 bridgehead atoms. The summed E-state index contributed by atoms with van der Waals surface area (Å²) in [5, 5.41) is 3.14. The fraction of sp³-hybridized carbons (Fsp3) is 0.391. The number of allylic oxidation sites excluding steroid dienone is 16. The Hall–Kier alpha value is -3.42. The molecular weight excluding hydrogens is 581 g/mol. The van der Waals surface area contributed by atoms with Gasteiger partial charge >= 0.3 is 0 Å². The van der Waals surface area contributed by atoms with Crippen LogP contribution in [0.15, 0.2) is 156 Å². The van der Waals surface area contributed by atoms with Crippen LogP contribution in [0.4, 0.5) is 0 Å². The molecule has 0 heterocycles. The predicted molar refractivity (Wildman–Crippen MR) is 204 cm³/mol. The van der Waals surface area contributed by atoms with Crippen molar-refractivity contribution in [1.82, 2.24) is 0 Å². The zero-order valence-corrected chi connectivity index (χ0v) is 30.9. The molecule has 0 amide bonds. The van der Waals surface area contributed by atoms with Crippen LogP contribution >= 0.6 is 0 Å². The maximum absolute atomic E-state index is 2.78. The molecule has 0 spiro atoms. The molecule has 2 aromatic rings. The Kier molecular flexibility index (Phi) is 6.45. The topological polar surface area (TPSA) is 0 Å². The van der Waals surface area contributed by atoms with Crippen LogP contribution in [-0.2, 0) is 0 Å². The van der Waals surface area contributed by atoms with Gasteiger partial charge in [-0.15, -0.1) is 0 Å². The minimum atomic E-state index is -1.86. The summed E-state index contributed by atoms with van der Waals surface area (Å²) in [7, 11) is -1.86. The highest BCUT2D eigenvalue weighted by Gasteiger charge is 2.87. The van der Waals surface area contributed by atoms with Gasteiger partial charge in [-0.1, -0.05) is 204 Å². The fourth-order valence-electron chi connectivity index (χ4n) is 13.4. The molecule has 8 rings (SSSR count). The first-order valence-corrected chi connectivity index (χ1v) is 19.8. The van der Waals surface area contributed by atoms with E-state index in [0.29, 0.717) is 11.5 Å². The summed E-state index contributed by atoms with van der Waals surface area (Å²) in [5.74, 6) is 0.396. The summed E-state index contributed by atoms with van der Waals surface area (Å²) < 4.78 is 0. The number of rotatable bonds is 4. The van der Waals surface area contributed by atoms with Crippen LogP contribution in [0, 0.1) is 43.8 Å². The van der Waals surface area contributed by atoms with Crippen molar-refractivity contribution in [3.63, 3.8) is 0 Å². The Labute approximate surface area is 285 Å². The highest BCUT2D eigenvalue weighted by atomic mass is 28.3. The highest BCUT2D eigenvalue weighted by molar-refractivity contribution is 6.86. The summed E-state index contributed by atoms with van der Waals surface area (Å²) in [5.41, 5.74) is 4.31. The summed E-state index contributed by atoms with van der Waals surface area (Å²) in [6.45, 7) is 21.3. The van der Waals surface area contributed by atoms with Gasteiger partial charge < -0.3 is 0 Å². The summed E-state index contributed by atoms with van der Waals surface area (Å²) in [6, 6.07) is 23.4. The smallest absolute Gasteiger partial charge is 0.0801 e. The first-order chi connectivity index (χ1) is 22.4. The second-order valence-electron chi connectivity index (χ2n) is 16.8. The number of fused-ring (bicyclic) bond motifs is 8. The predicted octanol–water partition coefficient (Wildman–Crippen LogP) is 10.1. The molecule has 2 saturated carbocycles. The average molecular weight is 633 g/mol. The Morgan fingerprint density at radius 1 is 0.617 bits per heavy atom. The van der Waals surface area contributed by atoms with Gasteiger partial charge in [0.15, 0.2) is 0 Å². The second kappa shape index (κ2) is 9.82. The van der Waals surface area contributed by atoms with Crippen molar-refractivity contribution in [1.29, 1.82) is 0 Å². The Bertz CT molecular complexity index is 1840. The maximum Gasteiger partial charge on any atom is 0.107 e. The van der Waals surface area contributed by atoms with Gasteiger partial charge in [-0.3, -0.25) is 0 Å². The van der Waals surface area contributed by atoms with Crippen molar-refractivity contribution in [3.8, 4) is 0 Å². The third-order valence-corrected chi connectivity index (χ3v) is 20.5. The highest BCUT2D eigenvalue weighted by Crippen LogP contribution is 2.92. The molecule has 0 aliphatic heterocycles. The minimum absolute atomic E-state index is 0.0782. The van der Waals surface area contributed by atoms with Gasteiger partial charge in [0, 0.05) is 27.1 Å². The Morgan fingerprint density at radius 2 is 1.13 bits per heavy atom. The van der Waals surface area contributed by atoms with E-state index in [2.05, 4.69) is 195 Å². The summed E-state index contributed by atoms with van der Waals surface area (Å²) in [4.78, 5) is 0. The van der Waals surface area contributed by atoms with E-state index in [-0.39, 0.29) is 37.9 Å². The molecule has 6 aliphatic carbocycles. The van der Waals surface area contributed by atoms with Crippen LogP contribution in [0.2, 0.25) is 5.54 Å². The van der Waals surface area contributed by atoms with Crippen molar-refractivity contribution < 1.29 is 0 Å². The number of hydrogen-bond acceptors (Lipinski definition) is 0. The molecule has 9 unspecified atom stereocenters. The second-order valence-corrected chi connectivity index (χ2v) is 19.9. The van der Waals surface area contributed by atoms with Gasteiger partial charge in [-0.05, 0) is 46.8 Å². The van der Waals surface area contributed by atoms with Crippen LogP contribution in [0.3, 0.4) is 0 Å². The third kappa shape index (κ3) is 3.22. The van der Waals surface area contributed by atoms with E-state index in [1.165, 1.54) is 11.1 Å². The molecule has 0 nitrogen and oxygen atoms in total. The quantitative estimate of drug-likeness (QED) is 0.294. The van der Waals surface area contributed by atoms with E-state index in [4.69, 9.17) is 0 Å². The molecule has 0 N–H and O–H groups in total. The van der Waals surface area contributed by atoms with E-state index in [0.717, 1.165) is 6.42 Å². The zero-order chi connectivity index (χ0) is 33.1. The van der Waals surface area contributed by atoms with Gasteiger partial charge in [0.25, 0.3) is 0 Å². The maximum atomic E-state index is 2.78. The van der Waals surface area contributed by atoms with Crippen LogP contribution in [0.25, 0.3) is 0 Å². The van der Waals surface area contributed by atoms with Gasteiger partial charge in [0.1, 0.15) is 8.80 Å². The molecule has 2 aromatic carbocycles. The van der Waals surface area contributed by atoms with E-state index in [9.17, 15) is 0 Å². The van der Waals surface area contributed by atoms with Crippen molar-refractivity contribution in [3.05, 3.63) is 156 Å². The van der Waals surface area contributed by atoms with Crippen LogP contribution in [-0.4, -0.2) is 8.80 Å². The average Bonchev–Trinajstić information content (AvgIpc) is 3.67. The molecule has 2 fully saturated rings. The summed E-state index contributed by atoms with van der Waals surface area (Å²) in [6.07, 6.45) is 33.3. The largest absolute Gasteiger partial charge is 0.107 e. The molecular formula is C46H52Si. The molecule has 47 heavy (non-hydrogen) atoms. The SMILES string of the molecule is CC1=C(C2=CC=CC2)C=CC2C([SiH](c3ccccc3)c3ccccc3)C3(C)C4(C)C=CC=CC4(C)C4(C)C=CC=CC4(C)C3(C)C12C. The van der Waals surface area contributed by atoms with E-state index in [1.54, 1.807) is 15.9 Å². The summed E-state index contributed by atoms with van der Waals surface area (Å²) >= 11 is 0. The molecule has 0 saturated heterocycles. The zero-order valence-electron chi connectivity index (χ0n) is 29.7. The first kappa shape index (κ1) is 30.9. The molecule has 0 aromatic heterocycles. The normalized spacial score (nSPS) is 44.0. The van der Waals surface area contributed by atoms with Gasteiger partial charge in [-0.2, -0.15) is 0 Å². The van der Waals surface area contributed by atoms with Gasteiger partial charge in [0.05, 0.1) is 0 Å². The Morgan fingerprint density at radius 3 is 1.66 bits per heavy atom. The van der Waals surface area contributed by atoms with Crippen LogP contribution in [0.1, 0.15) is 61.8 Å². The van der Waals surface area contributed by atoms with Crippen molar-refractivity contribution in [2.45, 2.75) is 67.4 Å². The van der Waals surface area contributed by atoms with E-state index >= 15 is 0 Å². The van der Waals surface area contributed by atoms with E-state index < -0.39 is 8.80 Å². The van der Waals surface area contributed by atoms with Crippen LogP contribution in [0.5, 0.6) is 0 Å². The number of benzene rings is 2. The van der Waals surface area contributed by atoms with E-state index in [1.807, 2.05) is 0 Å². The van der Waals surface area contributed by atoms with Crippen molar-refractivity contribution >= 4 is 19.2 Å². The minimum Gasteiger partial charge on any atom is -0.0801 e. The molecule has 0 radical (unpaired) electrons. The Balaban J connectivity index is 1.54. The lowest BCUT2D eigenvalue weighted by Crippen LogP contribution is -2.76. The fourth-order valence-corrected chi connectivity index (χ4v) is 18.1. The van der Waals surface area contributed by atoms with Gasteiger partial charge in [0.2, 0.25) is 0 Å². The van der Waals surface area contributed by atoms with Gasteiger partial charge in [-0.25, -0.2) is 0 Å². The van der Waals surface area contributed by atoms with Crippen molar-refractivity contribution in [2.24, 2.45) is 43.8 Å². The lowest BCUT2D eigenvalue weighted by molar-refractivity contribution is -0.263. The monoisotopic (exact) mass is 632 g/mol.